The molecule has 2 amide bonds. The largest absolute Gasteiger partial charge is 0.372 e. The Morgan fingerprint density at radius 2 is 1.76 bits per heavy atom. The highest BCUT2D eigenvalue weighted by Crippen LogP contribution is 2.68. The fourth-order valence-electron chi connectivity index (χ4n) is 5.61. The Bertz CT molecular complexity index is 966. The van der Waals surface area contributed by atoms with Gasteiger partial charge in [0.15, 0.2) is 5.78 Å². The molecule has 3 unspecified atom stereocenters. The molecule has 180 valence electrons. The Labute approximate surface area is 196 Å². The fraction of sp³-hybridized carbons (Fsp3) is 0.654. The smallest absolute Gasteiger partial charge is 0.259 e. The molecular weight excluding hydrogens is 420 g/mol. The zero-order chi connectivity index (χ0) is 24.2. The molecule has 1 N–H and O–H groups in total. The highest BCUT2D eigenvalue weighted by Gasteiger charge is 2.82. The minimum Gasteiger partial charge on any atom is -0.372 e. The normalized spacial score (nSPS) is 30.2. The number of para-hydroxylation sites is 1. The van der Waals surface area contributed by atoms with Gasteiger partial charge in [0.2, 0.25) is 5.91 Å². The first kappa shape index (κ1) is 23.9. The van der Waals surface area contributed by atoms with Crippen molar-refractivity contribution in [2.45, 2.75) is 84.5 Å². The molecule has 1 aromatic rings. The number of rotatable bonds is 7. The summed E-state index contributed by atoms with van der Waals surface area (Å²) in [6.07, 6.45) is 3.41. The number of nitrogens with zero attached hydrogens (tertiary/aromatic N) is 1. The molecular formula is C26H36N2O5. The van der Waals surface area contributed by atoms with Crippen molar-refractivity contribution >= 4 is 23.3 Å². The fourth-order valence-corrected chi connectivity index (χ4v) is 5.61. The van der Waals surface area contributed by atoms with Crippen LogP contribution in [0.3, 0.4) is 0 Å². The maximum absolute atomic E-state index is 14.2. The van der Waals surface area contributed by atoms with E-state index in [4.69, 9.17) is 9.47 Å². The second-order valence-corrected chi connectivity index (χ2v) is 11.0. The number of ether oxygens (including phenoxy) is 2. The first-order valence-corrected chi connectivity index (χ1v) is 12.1. The lowest BCUT2D eigenvalue weighted by molar-refractivity contribution is -0.167. The van der Waals surface area contributed by atoms with Gasteiger partial charge in [-0.1, -0.05) is 58.2 Å². The first-order valence-electron chi connectivity index (χ1n) is 12.1. The van der Waals surface area contributed by atoms with Crippen LogP contribution in [0.4, 0.5) is 5.69 Å². The number of nitrogens with one attached hydrogen (secondary N) is 1. The summed E-state index contributed by atoms with van der Waals surface area (Å²) in [6, 6.07) is 7.32. The topological polar surface area (TPSA) is 84.9 Å². The number of fused-ring (bicyclic) bond motifs is 5. The van der Waals surface area contributed by atoms with Crippen LogP contribution in [0.1, 0.15) is 78.9 Å². The van der Waals surface area contributed by atoms with Gasteiger partial charge >= 0.3 is 0 Å². The molecule has 1 saturated carbocycles. The maximum atomic E-state index is 14.2. The Balaban J connectivity index is 1.78. The van der Waals surface area contributed by atoms with Crippen LogP contribution in [0.2, 0.25) is 0 Å². The van der Waals surface area contributed by atoms with Crippen LogP contribution in [0.25, 0.3) is 0 Å². The van der Waals surface area contributed by atoms with Crippen molar-refractivity contribution in [2.24, 2.45) is 17.3 Å². The molecule has 1 saturated heterocycles. The van der Waals surface area contributed by atoms with E-state index in [1.54, 1.807) is 6.07 Å². The molecule has 0 radical (unpaired) electrons. The van der Waals surface area contributed by atoms with Crippen LogP contribution in [-0.2, 0) is 23.9 Å². The Kier molecular flexibility index (Phi) is 5.94. The van der Waals surface area contributed by atoms with E-state index in [0.29, 0.717) is 12.3 Å². The molecule has 2 bridgehead atoms. The summed E-state index contributed by atoms with van der Waals surface area (Å²) in [5.74, 6) is -2.98. The third-order valence-electron chi connectivity index (χ3n) is 7.17. The average molecular weight is 457 g/mol. The van der Waals surface area contributed by atoms with Crippen LogP contribution < -0.4 is 10.4 Å². The van der Waals surface area contributed by atoms with E-state index in [9.17, 15) is 14.4 Å². The van der Waals surface area contributed by atoms with Gasteiger partial charge in [0.1, 0.15) is 17.6 Å². The molecule has 2 fully saturated rings. The summed E-state index contributed by atoms with van der Waals surface area (Å²) in [5, 5.41) is 1.24. The van der Waals surface area contributed by atoms with Gasteiger partial charge in [-0.3, -0.25) is 19.8 Å². The summed E-state index contributed by atoms with van der Waals surface area (Å²) in [6.45, 7) is 11.9. The molecule has 2 heterocycles. The molecule has 1 aromatic carbocycles. The number of benzene rings is 1. The summed E-state index contributed by atoms with van der Waals surface area (Å²) in [4.78, 5) is 41.2. The minimum absolute atomic E-state index is 0.356. The van der Waals surface area contributed by atoms with Crippen molar-refractivity contribution in [3.8, 4) is 0 Å². The minimum atomic E-state index is -1.38. The van der Waals surface area contributed by atoms with E-state index in [2.05, 4.69) is 12.3 Å². The van der Waals surface area contributed by atoms with E-state index in [-0.39, 0.29) is 11.7 Å². The number of carbonyl (C=O) groups excluding carboxylic acids is 3. The van der Waals surface area contributed by atoms with E-state index in [1.165, 1.54) is 5.01 Å². The average Bonchev–Trinajstić information content (AvgIpc) is 3.22. The summed E-state index contributed by atoms with van der Waals surface area (Å²) in [5.41, 5.74) is 1.28. The molecule has 4 atom stereocenters. The van der Waals surface area contributed by atoms with Gasteiger partial charge < -0.3 is 9.47 Å². The van der Waals surface area contributed by atoms with Crippen LogP contribution in [0.15, 0.2) is 24.3 Å². The van der Waals surface area contributed by atoms with Gasteiger partial charge in [0, 0.05) is 17.6 Å². The monoisotopic (exact) mass is 456 g/mol. The van der Waals surface area contributed by atoms with Crippen LogP contribution in [0, 0.1) is 17.3 Å². The molecule has 33 heavy (non-hydrogen) atoms. The Hall–Kier alpha value is -2.25. The lowest BCUT2D eigenvalue weighted by atomic mass is 9.81. The van der Waals surface area contributed by atoms with Crippen molar-refractivity contribution < 1.29 is 23.9 Å². The second-order valence-electron chi connectivity index (χ2n) is 11.0. The second kappa shape index (κ2) is 8.20. The van der Waals surface area contributed by atoms with Gasteiger partial charge in [-0.2, -0.15) is 0 Å². The molecule has 1 aliphatic carbocycles. The number of Topliss-reactive ketones (excluding diaryl/α,β-unsaturated/α-hetero) is 1. The molecule has 7 nitrogen and oxygen atoms in total. The number of unbranched alkanes of at least 4 members (excludes halogenated alkanes) is 3. The van der Waals surface area contributed by atoms with Crippen LogP contribution in [-0.4, -0.2) is 35.4 Å². The number of anilines is 1. The van der Waals surface area contributed by atoms with Gasteiger partial charge in [0.25, 0.3) is 5.91 Å². The lowest BCUT2D eigenvalue weighted by Gasteiger charge is -2.42. The summed E-state index contributed by atoms with van der Waals surface area (Å²) >= 11 is 0. The number of amides is 2. The van der Waals surface area contributed by atoms with Crippen molar-refractivity contribution in [3.05, 3.63) is 29.8 Å². The number of hydrogen-bond donors (Lipinski definition) is 1. The number of carbonyl (C=O) groups is 3. The van der Waals surface area contributed by atoms with Crippen molar-refractivity contribution in [1.29, 1.82) is 0 Å². The third-order valence-corrected chi connectivity index (χ3v) is 7.17. The third kappa shape index (κ3) is 3.69. The van der Waals surface area contributed by atoms with Crippen molar-refractivity contribution in [1.82, 2.24) is 5.43 Å². The summed E-state index contributed by atoms with van der Waals surface area (Å²) in [7, 11) is 0. The zero-order valence-electron chi connectivity index (χ0n) is 20.6. The first-order chi connectivity index (χ1) is 15.5. The molecule has 0 aromatic heterocycles. The highest BCUT2D eigenvalue weighted by atomic mass is 16.5. The molecule has 0 spiro atoms. The standard InChI is InChI=1S/C26H36N2O5/c1-7-8-9-12-15-32-19-16-13-10-11-14-17(16)28-23(31)18(19)21(29)26(33-24(2,3)4)20(22(30)27-28)25(26,5)6/h10-11,13-14,18-20H,7-9,12,15H2,1-6H3,(H,27,30)/t18-,19?,20?,26?/m0/s1. The molecule has 2 aliphatic heterocycles. The predicted molar refractivity (Wildman–Crippen MR) is 124 cm³/mol. The Morgan fingerprint density at radius 3 is 2.42 bits per heavy atom. The van der Waals surface area contributed by atoms with Crippen LogP contribution in [0.5, 0.6) is 0 Å². The van der Waals surface area contributed by atoms with Gasteiger partial charge in [-0.25, -0.2) is 5.01 Å². The number of hydrazine groups is 1. The number of ketones is 1. The zero-order valence-corrected chi connectivity index (χ0v) is 20.6. The van der Waals surface area contributed by atoms with Gasteiger partial charge in [-0.05, 0) is 33.3 Å². The predicted octanol–water partition coefficient (Wildman–Crippen LogP) is 4.11. The lowest BCUT2D eigenvalue weighted by Crippen LogP contribution is -2.60. The highest BCUT2D eigenvalue weighted by molar-refractivity contribution is 6.19. The SMILES string of the molecule is CCCCCCOC1c2ccccc2N2NC(=O)C3C(C)(C)C3(OC(C)(C)C)C(=O)[C@H]1C2=O. The van der Waals surface area contributed by atoms with E-state index >= 15 is 0 Å². The van der Waals surface area contributed by atoms with Crippen LogP contribution >= 0.6 is 0 Å². The Morgan fingerprint density at radius 1 is 1.06 bits per heavy atom. The van der Waals surface area contributed by atoms with E-state index in [1.807, 2.05) is 52.8 Å². The molecule has 4 rings (SSSR count). The maximum Gasteiger partial charge on any atom is 0.259 e. The van der Waals surface area contributed by atoms with E-state index < -0.39 is 40.5 Å². The van der Waals surface area contributed by atoms with Gasteiger partial charge in [-0.15, -0.1) is 0 Å². The van der Waals surface area contributed by atoms with Gasteiger partial charge in [0.05, 0.1) is 17.2 Å². The van der Waals surface area contributed by atoms with Crippen molar-refractivity contribution in [2.75, 3.05) is 11.6 Å². The quantitative estimate of drug-likeness (QED) is 0.493. The van der Waals surface area contributed by atoms with E-state index in [0.717, 1.165) is 31.2 Å². The summed E-state index contributed by atoms with van der Waals surface area (Å²) < 4.78 is 12.7. The van der Waals surface area contributed by atoms with Crippen molar-refractivity contribution in [3.63, 3.8) is 0 Å². The molecule has 3 aliphatic rings. The number of hydrogen-bond acceptors (Lipinski definition) is 5. The molecule has 7 heteroatoms.